The van der Waals surface area contributed by atoms with E-state index in [0.717, 1.165) is 4.44 Å². The molecule has 0 radical (unpaired) electrons. The molecule has 2 rings (SSSR count). The summed E-state index contributed by atoms with van der Waals surface area (Å²) in [6.45, 7) is 0. The molecular weight excluding hydrogens is 283 g/mol. The van der Waals surface area contributed by atoms with E-state index in [9.17, 15) is 9.59 Å². The van der Waals surface area contributed by atoms with Crippen LogP contribution >= 0.6 is 0 Å². The first kappa shape index (κ1) is 11.8. The number of carbonyl (C=O) groups excluding carboxylic acids is 2. The van der Waals surface area contributed by atoms with Gasteiger partial charge < -0.3 is 0 Å². The van der Waals surface area contributed by atoms with E-state index in [0.29, 0.717) is 11.1 Å². The molecule has 0 saturated carbocycles. The number of hydrogen-bond acceptors (Lipinski definition) is 3. The first-order valence-electron chi connectivity index (χ1n) is 4.99. The Morgan fingerprint density at radius 1 is 1.06 bits per heavy atom. The number of methoxy groups -OCH3 is 1. The van der Waals surface area contributed by atoms with Crippen LogP contribution in [-0.2, 0) is 4.74 Å². The van der Waals surface area contributed by atoms with Gasteiger partial charge in [-0.3, -0.25) is 0 Å². The second-order valence-electron chi connectivity index (χ2n) is 3.38. The molecule has 0 aliphatic rings. The van der Waals surface area contributed by atoms with Gasteiger partial charge in [-0.25, -0.2) is 0 Å². The van der Waals surface area contributed by atoms with E-state index in [-0.39, 0.29) is 20.3 Å². The fourth-order valence-corrected chi connectivity index (χ4v) is 2.86. The summed E-state index contributed by atoms with van der Waals surface area (Å²) in [7, 11) is 1.33. The van der Waals surface area contributed by atoms with Crippen molar-refractivity contribution in [3.8, 4) is 0 Å². The van der Waals surface area contributed by atoms with Gasteiger partial charge in [0.05, 0.1) is 0 Å². The predicted molar refractivity (Wildman–Crippen MR) is 64.6 cm³/mol. The maximum atomic E-state index is 12.0. The Morgan fingerprint density at radius 3 is 2.24 bits per heavy atom. The van der Waals surface area contributed by atoms with Crippen molar-refractivity contribution in [2.75, 3.05) is 7.11 Å². The Kier molecular flexibility index (Phi) is 3.57. The topological polar surface area (TPSA) is 43.4 Å². The molecule has 2 aromatic rings. The zero-order valence-corrected chi connectivity index (χ0v) is 10.9. The quantitative estimate of drug-likeness (QED) is 0.492. The van der Waals surface area contributed by atoms with E-state index in [1.165, 1.54) is 7.11 Å². The molecule has 17 heavy (non-hydrogen) atoms. The molecule has 0 N–H and O–H groups in total. The molecule has 4 heteroatoms. The SMILES string of the molecule is COC(=O)c1ccc(C(=O)c2ccc[se]2)cc1. The molecule has 0 spiro atoms. The van der Waals surface area contributed by atoms with Crippen molar-refractivity contribution in [1.29, 1.82) is 0 Å². The van der Waals surface area contributed by atoms with Gasteiger partial charge in [-0.15, -0.1) is 0 Å². The van der Waals surface area contributed by atoms with Gasteiger partial charge in [0, 0.05) is 0 Å². The van der Waals surface area contributed by atoms with Crippen LogP contribution in [0.4, 0.5) is 0 Å². The Morgan fingerprint density at radius 2 is 1.71 bits per heavy atom. The molecule has 0 fully saturated rings. The van der Waals surface area contributed by atoms with Gasteiger partial charge in [0.15, 0.2) is 0 Å². The van der Waals surface area contributed by atoms with Crippen molar-refractivity contribution >= 4 is 26.3 Å². The molecule has 1 aromatic heterocycles. The van der Waals surface area contributed by atoms with Crippen LogP contribution in [0.15, 0.2) is 41.3 Å². The molecule has 1 heterocycles. The van der Waals surface area contributed by atoms with Crippen molar-refractivity contribution in [2.24, 2.45) is 0 Å². The number of ether oxygens (including phenoxy) is 1. The van der Waals surface area contributed by atoms with Gasteiger partial charge in [0.25, 0.3) is 0 Å². The fourth-order valence-electron chi connectivity index (χ4n) is 1.43. The summed E-state index contributed by atoms with van der Waals surface area (Å²) < 4.78 is 5.43. The fraction of sp³-hybridized carbons (Fsp3) is 0.0769. The Labute approximate surface area is 105 Å². The standard InChI is InChI=1S/C13H10O3Se/c1-16-13(15)10-6-4-9(5-7-10)12(14)11-3-2-8-17-11/h2-8H,1H3. The van der Waals surface area contributed by atoms with Crippen LogP contribution in [0.3, 0.4) is 0 Å². The second-order valence-corrected chi connectivity index (χ2v) is 5.36. The summed E-state index contributed by atoms with van der Waals surface area (Å²) in [5.41, 5.74) is 1.06. The van der Waals surface area contributed by atoms with Crippen molar-refractivity contribution in [3.05, 3.63) is 56.9 Å². The number of rotatable bonds is 3. The molecule has 0 aliphatic heterocycles. The summed E-state index contributed by atoms with van der Waals surface area (Å²) in [6, 6.07) is 10.3. The van der Waals surface area contributed by atoms with E-state index < -0.39 is 5.97 Å². The average molecular weight is 293 g/mol. The number of benzene rings is 1. The normalized spacial score (nSPS) is 9.94. The monoisotopic (exact) mass is 294 g/mol. The molecule has 3 nitrogen and oxygen atoms in total. The van der Waals surface area contributed by atoms with Crippen molar-refractivity contribution < 1.29 is 14.3 Å². The molecule has 1 aromatic carbocycles. The zero-order valence-electron chi connectivity index (χ0n) is 9.17. The Bertz CT molecular complexity index is 526. The van der Waals surface area contributed by atoms with Crippen LogP contribution in [0.5, 0.6) is 0 Å². The number of hydrogen-bond donors (Lipinski definition) is 0. The van der Waals surface area contributed by atoms with E-state index in [1.807, 2.05) is 17.1 Å². The van der Waals surface area contributed by atoms with Crippen LogP contribution < -0.4 is 0 Å². The number of esters is 1. The minimum absolute atomic E-state index is 0.0337. The third-order valence-corrected chi connectivity index (χ3v) is 4.14. The molecule has 0 bridgehead atoms. The third kappa shape index (κ3) is 2.54. The summed E-state index contributed by atoms with van der Waals surface area (Å²) in [5, 5.41) is 0. The first-order valence-corrected chi connectivity index (χ1v) is 6.83. The van der Waals surface area contributed by atoms with Gasteiger partial charge in [-0.2, -0.15) is 0 Å². The van der Waals surface area contributed by atoms with Crippen LogP contribution in [-0.4, -0.2) is 33.4 Å². The van der Waals surface area contributed by atoms with Gasteiger partial charge >= 0.3 is 105 Å². The Hall–Kier alpha value is -1.64. The van der Waals surface area contributed by atoms with Crippen LogP contribution in [0.1, 0.15) is 25.2 Å². The van der Waals surface area contributed by atoms with Gasteiger partial charge in [0.2, 0.25) is 0 Å². The van der Waals surface area contributed by atoms with E-state index in [4.69, 9.17) is 0 Å². The second kappa shape index (κ2) is 5.13. The minimum atomic E-state index is -0.394. The third-order valence-electron chi connectivity index (χ3n) is 2.31. The number of ketones is 1. The van der Waals surface area contributed by atoms with E-state index in [2.05, 4.69) is 4.74 Å². The average Bonchev–Trinajstić information content (AvgIpc) is 2.91. The molecule has 0 unspecified atom stereocenters. The zero-order chi connectivity index (χ0) is 12.3. The van der Waals surface area contributed by atoms with Crippen LogP contribution in [0.25, 0.3) is 0 Å². The van der Waals surface area contributed by atoms with Crippen molar-refractivity contribution in [2.45, 2.75) is 0 Å². The molecule has 86 valence electrons. The first-order chi connectivity index (χ1) is 8.22. The molecule has 0 saturated heterocycles. The van der Waals surface area contributed by atoms with Gasteiger partial charge in [-0.1, -0.05) is 0 Å². The molecule has 0 amide bonds. The predicted octanol–water partition coefficient (Wildman–Crippen LogP) is 1.76. The van der Waals surface area contributed by atoms with Gasteiger partial charge in [-0.05, 0) is 0 Å². The number of carbonyl (C=O) groups is 2. The molecule has 0 atom stereocenters. The molecule has 0 aliphatic carbocycles. The van der Waals surface area contributed by atoms with Crippen molar-refractivity contribution in [1.82, 2.24) is 0 Å². The Balaban J connectivity index is 2.24. The van der Waals surface area contributed by atoms with Crippen LogP contribution in [0, 0.1) is 0 Å². The van der Waals surface area contributed by atoms with Gasteiger partial charge in [0.1, 0.15) is 0 Å². The van der Waals surface area contributed by atoms with E-state index >= 15 is 0 Å². The van der Waals surface area contributed by atoms with Crippen LogP contribution in [0.2, 0.25) is 0 Å². The summed E-state index contributed by atoms with van der Waals surface area (Å²) in [4.78, 5) is 25.2. The summed E-state index contributed by atoms with van der Waals surface area (Å²) >= 11 is 0.137. The van der Waals surface area contributed by atoms with E-state index in [1.54, 1.807) is 24.3 Å². The van der Waals surface area contributed by atoms with Crippen molar-refractivity contribution in [3.63, 3.8) is 0 Å². The maximum absolute atomic E-state index is 12.0. The summed E-state index contributed by atoms with van der Waals surface area (Å²) in [6.07, 6.45) is 0. The molecular formula is C13H10O3Se. The summed E-state index contributed by atoms with van der Waals surface area (Å²) in [5.74, 6) is -0.360.